The standard InChI is InChI=1S/C26H23N2P3/c29-15-27-23-7-3-1-5-19(23)21-13-17(9-11-25(21)27)18-10-12-26-22(14-18)20-6-2-4-8-24(20)28(26)16-31-30/h1-14,31H,15-16,29-30H2. The van der Waals surface area contributed by atoms with Crippen molar-refractivity contribution in [1.82, 2.24) is 9.13 Å². The minimum absolute atomic E-state index is 0.806. The third-order valence-electron chi connectivity index (χ3n) is 6.31. The first-order valence-corrected chi connectivity index (χ1v) is 14.3. The van der Waals surface area contributed by atoms with Crippen molar-refractivity contribution in [2.45, 2.75) is 12.6 Å². The highest BCUT2D eigenvalue weighted by molar-refractivity contribution is 8.02. The van der Waals surface area contributed by atoms with Crippen molar-refractivity contribution in [2.24, 2.45) is 0 Å². The van der Waals surface area contributed by atoms with Crippen molar-refractivity contribution in [3.8, 4) is 11.1 Å². The van der Waals surface area contributed by atoms with Crippen LogP contribution in [0.5, 0.6) is 0 Å². The molecular weight excluding hydrogens is 433 g/mol. The van der Waals surface area contributed by atoms with Gasteiger partial charge in [-0.15, -0.1) is 18.2 Å². The molecule has 0 bridgehead atoms. The highest BCUT2D eigenvalue weighted by atomic mass is 32.0. The average molecular weight is 456 g/mol. The maximum atomic E-state index is 2.88. The van der Waals surface area contributed by atoms with Gasteiger partial charge in [-0.1, -0.05) is 56.8 Å². The summed E-state index contributed by atoms with van der Waals surface area (Å²) >= 11 is 0. The lowest BCUT2D eigenvalue weighted by Crippen LogP contribution is -1.91. The van der Waals surface area contributed by atoms with Gasteiger partial charge in [-0.2, -0.15) is 0 Å². The summed E-state index contributed by atoms with van der Waals surface area (Å²) < 4.78 is 4.83. The highest BCUT2D eigenvalue weighted by Crippen LogP contribution is 2.37. The van der Waals surface area contributed by atoms with Crippen molar-refractivity contribution in [3.05, 3.63) is 84.9 Å². The van der Waals surface area contributed by atoms with Crippen molar-refractivity contribution >= 4 is 70.0 Å². The molecular formula is C26H23N2P3. The van der Waals surface area contributed by atoms with Gasteiger partial charge in [0.2, 0.25) is 0 Å². The molecule has 2 nitrogen and oxygen atoms in total. The first-order valence-electron chi connectivity index (χ1n) is 10.5. The Morgan fingerprint density at radius 2 is 1.06 bits per heavy atom. The van der Waals surface area contributed by atoms with Crippen LogP contribution >= 0.6 is 26.4 Å². The number of para-hydroxylation sites is 2. The minimum atomic E-state index is 0.806. The zero-order valence-electron chi connectivity index (χ0n) is 17.0. The molecule has 152 valence electrons. The first kappa shape index (κ1) is 19.5. The number of nitrogens with zero attached hydrogens (tertiary/aromatic N) is 2. The van der Waals surface area contributed by atoms with E-state index in [1.165, 1.54) is 54.7 Å². The average Bonchev–Trinajstić information content (AvgIpc) is 3.31. The second-order valence-electron chi connectivity index (χ2n) is 7.90. The van der Waals surface area contributed by atoms with Crippen molar-refractivity contribution in [3.63, 3.8) is 0 Å². The summed E-state index contributed by atoms with van der Waals surface area (Å²) in [6.45, 7) is 0. The van der Waals surface area contributed by atoms with E-state index in [0.29, 0.717) is 0 Å². The van der Waals surface area contributed by atoms with Crippen molar-refractivity contribution in [2.75, 3.05) is 0 Å². The molecule has 0 aliphatic rings. The normalized spacial score (nSPS) is 12.3. The predicted octanol–water partition coefficient (Wildman–Crippen LogP) is 7.83. The number of aromatic nitrogens is 2. The highest BCUT2D eigenvalue weighted by Gasteiger charge is 2.13. The minimum Gasteiger partial charge on any atom is -0.337 e. The maximum absolute atomic E-state index is 2.88. The predicted molar refractivity (Wildman–Crippen MR) is 146 cm³/mol. The van der Waals surface area contributed by atoms with Crippen LogP contribution in [0.15, 0.2) is 84.9 Å². The molecule has 2 aromatic heterocycles. The molecule has 0 saturated carbocycles. The molecule has 6 aromatic rings. The zero-order chi connectivity index (χ0) is 20.9. The second kappa shape index (κ2) is 7.72. The van der Waals surface area contributed by atoms with E-state index in [0.717, 1.165) is 20.8 Å². The van der Waals surface area contributed by atoms with Crippen LogP contribution in [0, 0.1) is 0 Å². The Hall–Kier alpha value is -2.23. The molecule has 31 heavy (non-hydrogen) atoms. The Morgan fingerprint density at radius 1 is 0.581 bits per heavy atom. The van der Waals surface area contributed by atoms with Crippen LogP contribution < -0.4 is 0 Å². The Kier molecular flexibility index (Phi) is 4.85. The van der Waals surface area contributed by atoms with Crippen molar-refractivity contribution < 1.29 is 0 Å². The maximum Gasteiger partial charge on any atom is 0.0495 e. The molecule has 0 aliphatic heterocycles. The number of fused-ring (bicyclic) bond motifs is 6. The third kappa shape index (κ3) is 2.97. The molecule has 4 aromatic carbocycles. The molecule has 0 radical (unpaired) electrons. The molecule has 3 unspecified atom stereocenters. The fourth-order valence-corrected chi connectivity index (χ4v) is 6.39. The van der Waals surface area contributed by atoms with Gasteiger partial charge in [0.25, 0.3) is 0 Å². The van der Waals surface area contributed by atoms with Crippen LogP contribution in [-0.2, 0) is 12.6 Å². The summed E-state index contributed by atoms with van der Waals surface area (Å²) in [6.07, 6.45) is 1.93. The molecule has 0 aliphatic carbocycles. The van der Waals surface area contributed by atoms with Gasteiger partial charge in [0.1, 0.15) is 0 Å². The Balaban J connectivity index is 1.60. The van der Waals surface area contributed by atoms with Crippen LogP contribution in [0.2, 0.25) is 0 Å². The lowest BCUT2D eigenvalue weighted by molar-refractivity contribution is 0.984. The molecule has 0 spiro atoms. The van der Waals surface area contributed by atoms with E-state index in [-0.39, 0.29) is 0 Å². The largest absolute Gasteiger partial charge is 0.337 e. The topological polar surface area (TPSA) is 9.86 Å². The van der Waals surface area contributed by atoms with Gasteiger partial charge in [-0.05, 0) is 47.5 Å². The molecule has 6 rings (SSSR count). The van der Waals surface area contributed by atoms with Gasteiger partial charge < -0.3 is 9.13 Å². The summed E-state index contributed by atoms with van der Waals surface area (Å²) in [5.41, 5.74) is 7.77. The Morgan fingerprint density at radius 3 is 1.61 bits per heavy atom. The van der Waals surface area contributed by atoms with Gasteiger partial charge in [-0.3, -0.25) is 0 Å². The lowest BCUT2D eigenvalue weighted by Gasteiger charge is -2.07. The van der Waals surface area contributed by atoms with Crippen LogP contribution in [0.3, 0.4) is 0 Å². The van der Waals surface area contributed by atoms with E-state index in [1.54, 1.807) is 0 Å². The second-order valence-corrected chi connectivity index (χ2v) is 10.2. The molecule has 0 saturated heterocycles. The molecule has 0 fully saturated rings. The number of rotatable bonds is 4. The van der Waals surface area contributed by atoms with Crippen LogP contribution in [0.4, 0.5) is 0 Å². The van der Waals surface area contributed by atoms with E-state index in [9.17, 15) is 0 Å². The van der Waals surface area contributed by atoms with E-state index in [2.05, 4.69) is 112 Å². The zero-order valence-corrected chi connectivity index (χ0v) is 20.4. The molecule has 3 atom stereocenters. The van der Waals surface area contributed by atoms with Gasteiger partial charge in [0.15, 0.2) is 0 Å². The fourth-order valence-electron chi connectivity index (χ4n) is 4.92. The number of benzene rings is 4. The van der Waals surface area contributed by atoms with Gasteiger partial charge in [0, 0.05) is 56.2 Å². The van der Waals surface area contributed by atoms with Gasteiger partial charge in [0.05, 0.1) is 0 Å². The van der Waals surface area contributed by atoms with Crippen LogP contribution in [0.1, 0.15) is 0 Å². The lowest BCUT2D eigenvalue weighted by atomic mass is 10.0. The molecule has 2 heterocycles. The molecule has 0 N–H and O–H groups in total. The van der Waals surface area contributed by atoms with E-state index in [4.69, 9.17) is 0 Å². The van der Waals surface area contributed by atoms with Gasteiger partial charge in [-0.25, -0.2) is 0 Å². The Bertz CT molecular complexity index is 1590. The number of hydrogen-bond donors (Lipinski definition) is 0. The van der Waals surface area contributed by atoms with Gasteiger partial charge >= 0.3 is 0 Å². The van der Waals surface area contributed by atoms with E-state index < -0.39 is 0 Å². The fraction of sp³-hybridized carbons (Fsp3) is 0.0769. The van der Waals surface area contributed by atoms with Crippen LogP contribution in [-0.4, -0.2) is 9.13 Å². The van der Waals surface area contributed by atoms with Crippen molar-refractivity contribution in [1.29, 1.82) is 0 Å². The monoisotopic (exact) mass is 456 g/mol. The van der Waals surface area contributed by atoms with E-state index >= 15 is 0 Å². The Labute approximate surface area is 187 Å². The summed E-state index contributed by atoms with van der Waals surface area (Å²) in [4.78, 5) is 0. The first-order chi connectivity index (χ1) is 15.3. The van der Waals surface area contributed by atoms with Crippen LogP contribution in [0.25, 0.3) is 54.7 Å². The summed E-state index contributed by atoms with van der Waals surface area (Å²) in [5, 5.41) is 5.32. The molecule has 5 heteroatoms. The number of hydrogen-bond acceptors (Lipinski definition) is 0. The third-order valence-corrected chi connectivity index (χ3v) is 7.72. The summed E-state index contributed by atoms with van der Waals surface area (Å²) in [6, 6.07) is 31.3. The smallest absolute Gasteiger partial charge is 0.0495 e. The summed E-state index contributed by atoms with van der Waals surface area (Å²) in [5.74, 6) is 0. The SMILES string of the molecule is PCn1c2ccccc2c2cc(-c3ccc4c(c3)c3ccccc3n4CPP)ccc21. The molecule has 0 amide bonds. The summed E-state index contributed by atoms with van der Waals surface area (Å²) in [7, 11) is 6.55. The van der Waals surface area contributed by atoms with E-state index in [1.807, 2.05) is 0 Å². The quantitative estimate of drug-likeness (QED) is 0.239.